The van der Waals surface area contributed by atoms with Crippen molar-refractivity contribution in [3.63, 3.8) is 0 Å². The van der Waals surface area contributed by atoms with Gasteiger partial charge in [-0.3, -0.25) is 0 Å². The van der Waals surface area contributed by atoms with E-state index in [1.165, 1.54) is 24.1 Å². The molecule has 3 atom stereocenters. The molecule has 0 radical (unpaired) electrons. The van der Waals surface area contributed by atoms with Gasteiger partial charge in [0.1, 0.15) is 0 Å². The SMILES string of the molecule is CC1[C@H]2CC[C@]1(C)c1nnc(Cl)cc12. The van der Waals surface area contributed by atoms with Crippen LogP contribution in [0.15, 0.2) is 6.07 Å². The van der Waals surface area contributed by atoms with Crippen LogP contribution in [0.3, 0.4) is 0 Å². The van der Waals surface area contributed by atoms with Gasteiger partial charge in [0, 0.05) is 5.41 Å². The minimum Gasteiger partial charge on any atom is -0.153 e. The molecule has 1 heterocycles. The zero-order valence-corrected chi connectivity index (χ0v) is 9.17. The molecule has 3 rings (SSSR count). The van der Waals surface area contributed by atoms with Crippen molar-refractivity contribution in [1.82, 2.24) is 10.2 Å². The summed E-state index contributed by atoms with van der Waals surface area (Å²) >= 11 is 5.88. The lowest BCUT2D eigenvalue weighted by atomic mass is 9.81. The number of aromatic nitrogens is 2. The first-order chi connectivity index (χ1) is 6.63. The van der Waals surface area contributed by atoms with Crippen molar-refractivity contribution < 1.29 is 0 Å². The Hall–Kier alpha value is -0.630. The number of rotatable bonds is 0. The molecule has 0 aliphatic heterocycles. The monoisotopic (exact) mass is 208 g/mol. The summed E-state index contributed by atoms with van der Waals surface area (Å²) in [4.78, 5) is 0. The van der Waals surface area contributed by atoms with E-state index in [2.05, 4.69) is 24.0 Å². The highest BCUT2D eigenvalue weighted by Gasteiger charge is 2.53. The molecular formula is C11H13ClN2. The van der Waals surface area contributed by atoms with Crippen LogP contribution in [0.25, 0.3) is 0 Å². The van der Waals surface area contributed by atoms with Crippen LogP contribution in [0.2, 0.25) is 5.15 Å². The third-order valence-corrected chi connectivity index (χ3v) is 4.50. The zero-order chi connectivity index (χ0) is 9.92. The standard InChI is InChI=1S/C11H13ClN2/c1-6-7-3-4-11(6,2)10-8(7)5-9(12)13-14-10/h5-7H,3-4H2,1-2H3/t6?,7-,11+/m1/s1. The summed E-state index contributed by atoms with van der Waals surface area (Å²) in [6.45, 7) is 4.64. The van der Waals surface area contributed by atoms with E-state index in [4.69, 9.17) is 11.6 Å². The van der Waals surface area contributed by atoms with Crippen molar-refractivity contribution in [3.05, 3.63) is 22.5 Å². The molecule has 0 spiro atoms. The molecule has 2 aliphatic carbocycles. The van der Waals surface area contributed by atoms with Crippen molar-refractivity contribution >= 4 is 11.6 Å². The molecule has 3 heteroatoms. The molecule has 74 valence electrons. The van der Waals surface area contributed by atoms with Gasteiger partial charge in [0.05, 0.1) is 5.69 Å². The summed E-state index contributed by atoms with van der Waals surface area (Å²) in [6, 6.07) is 2.01. The maximum atomic E-state index is 5.88. The summed E-state index contributed by atoms with van der Waals surface area (Å²) in [5, 5.41) is 8.78. The van der Waals surface area contributed by atoms with Crippen molar-refractivity contribution in [1.29, 1.82) is 0 Å². The predicted molar refractivity (Wildman–Crippen MR) is 55.5 cm³/mol. The van der Waals surface area contributed by atoms with Gasteiger partial charge in [0.2, 0.25) is 0 Å². The molecule has 1 unspecified atom stereocenters. The zero-order valence-electron chi connectivity index (χ0n) is 8.42. The molecular weight excluding hydrogens is 196 g/mol. The normalized spacial score (nSPS) is 38.8. The van der Waals surface area contributed by atoms with Crippen molar-refractivity contribution in [2.45, 2.75) is 38.0 Å². The van der Waals surface area contributed by atoms with Crippen molar-refractivity contribution in [3.8, 4) is 0 Å². The molecule has 2 aliphatic rings. The highest BCUT2D eigenvalue weighted by atomic mass is 35.5. The largest absolute Gasteiger partial charge is 0.153 e. The molecule has 1 fully saturated rings. The molecule has 2 bridgehead atoms. The summed E-state index contributed by atoms with van der Waals surface area (Å²) in [5.74, 6) is 1.37. The van der Waals surface area contributed by atoms with Crippen LogP contribution in [0, 0.1) is 5.92 Å². The van der Waals surface area contributed by atoms with Gasteiger partial charge in [-0.1, -0.05) is 25.4 Å². The van der Waals surface area contributed by atoms with Gasteiger partial charge in [-0.15, -0.1) is 5.10 Å². The van der Waals surface area contributed by atoms with Crippen LogP contribution >= 0.6 is 11.6 Å². The molecule has 0 aromatic carbocycles. The van der Waals surface area contributed by atoms with Crippen LogP contribution in [0.4, 0.5) is 0 Å². The van der Waals surface area contributed by atoms with Crippen molar-refractivity contribution in [2.75, 3.05) is 0 Å². The second-order valence-corrected chi connectivity index (χ2v) is 5.21. The van der Waals surface area contributed by atoms with Gasteiger partial charge in [0.15, 0.2) is 5.15 Å². The Kier molecular flexibility index (Phi) is 1.54. The smallest absolute Gasteiger partial charge is 0.152 e. The van der Waals surface area contributed by atoms with E-state index in [1.54, 1.807) is 0 Å². The van der Waals surface area contributed by atoms with E-state index in [0.717, 1.165) is 0 Å². The molecule has 14 heavy (non-hydrogen) atoms. The number of hydrogen-bond donors (Lipinski definition) is 0. The summed E-state index contributed by atoms with van der Waals surface area (Å²) in [7, 11) is 0. The number of fused-ring (bicyclic) bond motifs is 5. The number of hydrogen-bond acceptors (Lipinski definition) is 2. The van der Waals surface area contributed by atoms with E-state index >= 15 is 0 Å². The predicted octanol–water partition coefficient (Wildman–Crippen LogP) is 2.91. The Labute approximate surface area is 88.7 Å². The molecule has 1 aromatic rings. The second kappa shape index (κ2) is 2.48. The average Bonchev–Trinajstić information content (AvgIpc) is 2.54. The number of halogens is 1. The maximum absolute atomic E-state index is 5.88. The first kappa shape index (κ1) is 8.66. The Bertz CT molecular complexity index is 404. The first-order valence-corrected chi connectivity index (χ1v) is 5.54. The summed E-state index contributed by atoms with van der Waals surface area (Å²) in [6.07, 6.45) is 2.54. The van der Waals surface area contributed by atoms with Gasteiger partial charge in [-0.05, 0) is 36.3 Å². The fraction of sp³-hybridized carbons (Fsp3) is 0.636. The lowest BCUT2D eigenvalue weighted by Gasteiger charge is -2.24. The van der Waals surface area contributed by atoms with Gasteiger partial charge >= 0.3 is 0 Å². The molecule has 2 nitrogen and oxygen atoms in total. The quantitative estimate of drug-likeness (QED) is 0.655. The van der Waals surface area contributed by atoms with Crippen LogP contribution < -0.4 is 0 Å². The van der Waals surface area contributed by atoms with Gasteiger partial charge in [-0.25, -0.2) is 0 Å². The third kappa shape index (κ3) is 0.830. The number of nitrogens with zero attached hydrogens (tertiary/aromatic N) is 2. The van der Waals surface area contributed by atoms with E-state index in [0.29, 0.717) is 17.0 Å². The molecule has 0 amide bonds. The topological polar surface area (TPSA) is 25.8 Å². The Morgan fingerprint density at radius 2 is 2.29 bits per heavy atom. The maximum Gasteiger partial charge on any atom is 0.152 e. The van der Waals surface area contributed by atoms with Gasteiger partial charge in [-0.2, -0.15) is 5.10 Å². The van der Waals surface area contributed by atoms with Crippen LogP contribution in [-0.4, -0.2) is 10.2 Å². The van der Waals surface area contributed by atoms with E-state index in [9.17, 15) is 0 Å². The average molecular weight is 209 g/mol. The highest BCUT2D eigenvalue weighted by molar-refractivity contribution is 6.29. The second-order valence-electron chi connectivity index (χ2n) is 4.82. The lowest BCUT2D eigenvalue weighted by molar-refractivity contribution is 0.376. The fourth-order valence-corrected chi connectivity index (χ4v) is 3.40. The molecule has 0 N–H and O–H groups in total. The first-order valence-electron chi connectivity index (χ1n) is 5.16. The Morgan fingerprint density at radius 3 is 3.07 bits per heavy atom. The van der Waals surface area contributed by atoms with Gasteiger partial charge in [0.25, 0.3) is 0 Å². The summed E-state index contributed by atoms with van der Waals surface area (Å²) < 4.78 is 0. The highest BCUT2D eigenvalue weighted by Crippen LogP contribution is 2.59. The van der Waals surface area contributed by atoms with Crippen LogP contribution in [0.5, 0.6) is 0 Å². The van der Waals surface area contributed by atoms with E-state index in [-0.39, 0.29) is 5.41 Å². The lowest BCUT2D eigenvalue weighted by Crippen LogP contribution is -2.23. The minimum atomic E-state index is 0.261. The van der Waals surface area contributed by atoms with Crippen LogP contribution in [0.1, 0.15) is 43.9 Å². The van der Waals surface area contributed by atoms with Crippen LogP contribution in [-0.2, 0) is 5.41 Å². The molecule has 1 aromatic heterocycles. The van der Waals surface area contributed by atoms with Gasteiger partial charge < -0.3 is 0 Å². The van der Waals surface area contributed by atoms with E-state index < -0.39 is 0 Å². The Balaban J connectivity index is 2.25. The van der Waals surface area contributed by atoms with E-state index in [1.807, 2.05) is 6.07 Å². The Morgan fingerprint density at radius 1 is 1.50 bits per heavy atom. The summed E-state index contributed by atoms with van der Waals surface area (Å²) in [5.41, 5.74) is 2.81. The fourth-order valence-electron chi connectivity index (χ4n) is 3.24. The third-order valence-electron chi connectivity index (χ3n) is 4.32. The van der Waals surface area contributed by atoms with Crippen molar-refractivity contribution in [2.24, 2.45) is 5.92 Å². The molecule has 1 saturated carbocycles. The molecule has 0 saturated heterocycles. The minimum absolute atomic E-state index is 0.261.